The van der Waals surface area contributed by atoms with E-state index >= 15 is 0 Å². The van der Waals surface area contributed by atoms with Crippen molar-refractivity contribution in [3.63, 3.8) is 0 Å². The fourth-order valence-corrected chi connectivity index (χ4v) is 6.97. The van der Waals surface area contributed by atoms with E-state index in [4.69, 9.17) is 11.6 Å². The summed E-state index contributed by atoms with van der Waals surface area (Å²) in [6.07, 6.45) is 6.01. The zero-order valence-electron chi connectivity index (χ0n) is 22.1. The van der Waals surface area contributed by atoms with Gasteiger partial charge in [0.25, 0.3) is 0 Å². The molecular weight excluding hydrogens is 517 g/mol. The van der Waals surface area contributed by atoms with Crippen LogP contribution in [0.15, 0.2) is 54.6 Å². The van der Waals surface area contributed by atoms with Crippen LogP contribution in [0.4, 0.5) is 0 Å². The Kier molecular flexibility index (Phi) is 8.37. The number of amides is 2. The van der Waals surface area contributed by atoms with Crippen molar-refractivity contribution in [2.75, 3.05) is 39.3 Å². The third-order valence-corrected chi connectivity index (χ3v) is 9.63. The van der Waals surface area contributed by atoms with Gasteiger partial charge < -0.3 is 14.7 Å². The van der Waals surface area contributed by atoms with Crippen LogP contribution in [-0.4, -0.2) is 65.8 Å². The van der Waals surface area contributed by atoms with E-state index in [1.165, 1.54) is 18.4 Å². The average molecular weight is 557 g/mol. The Morgan fingerprint density at radius 2 is 1.61 bits per heavy atom. The molecular formula is C31H39Cl2N3O2. The third kappa shape index (κ3) is 5.90. The van der Waals surface area contributed by atoms with Gasteiger partial charge in [0.1, 0.15) is 0 Å². The smallest absolute Gasteiger partial charge is 0.229 e. The number of likely N-dealkylation sites (tertiary alicyclic amines) is 3. The normalized spacial score (nSPS) is 25.1. The molecule has 6 rings (SSSR count). The quantitative estimate of drug-likeness (QED) is 0.445. The fourth-order valence-electron chi connectivity index (χ4n) is 6.85. The van der Waals surface area contributed by atoms with Crippen LogP contribution in [0.1, 0.15) is 55.6 Å². The maximum absolute atomic E-state index is 13.5. The lowest BCUT2D eigenvalue weighted by atomic mass is 9.76. The Morgan fingerprint density at radius 3 is 2.29 bits per heavy atom. The minimum Gasteiger partial charge on any atom is -0.342 e. The van der Waals surface area contributed by atoms with Gasteiger partial charge in [-0.25, -0.2) is 0 Å². The van der Waals surface area contributed by atoms with Gasteiger partial charge in [0.05, 0.1) is 5.41 Å². The maximum Gasteiger partial charge on any atom is 0.229 e. The van der Waals surface area contributed by atoms with E-state index in [2.05, 4.69) is 40.1 Å². The van der Waals surface area contributed by atoms with Gasteiger partial charge in [0.15, 0.2) is 0 Å². The number of piperidine rings is 1. The van der Waals surface area contributed by atoms with Crippen molar-refractivity contribution < 1.29 is 9.59 Å². The average Bonchev–Trinajstić information content (AvgIpc) is 3.56. The molecule has 1 saturated carbocycles. The minimum atomic E-state index is -0.191. The standard InChI is InChI=1S/C31H38ClN3O2.ClH/c32-27-10-8-24(9-11-27)19-34-17-14-31(30(34)37)12-15-33(16-13-31)20-26-21-35(29(36)18-23-6-7-23)22-28(26)25-4-2-1-3-5-25;/h1-5,8-11,23,26,28H,6-7,12-22H2;1H/t26-,28+;/m0./s1. The summed E-state index contributed by atoms with van der Waals surface area (Å²) in [5, 5.41) is 0.729. The Labute approximate surface area is 237 Å². The molecule has 2 amide bonds. The predicted molar refractivity (Wildman–Crippen MR) is 153 cm³/mol. The van der Waals surface area contributed by atoms with E-state index in [0.29, 0.717) is 36.1 Å². The SMILES string of the molecule is Cl.O=C(CC1CC1)N1C[C@H](CN2CCC3(CC2)CCN(Cc2ccc(Cl)cc2)C3=O)[C@@H](c2ccccc2)C1. The van der Waals surface area contributed by atoms with Gasteiger partial charge in [0.2, 0.25) is 11.8 Å². The lowest BCUT2D eigenvalue weighted by molar-refractivity contribution is -0.139. The summed E-state index contributed by atoms with van der Waals surface area (Å²) in [6, 6.07) is 18.6. The number of nitrogens with zero attached hydrogens (tertiary/aromatic N) is 3. The van der Waals surface area contributed by atoms with Crippen LogP contribution in [0.2, 0.25) is 5.02 Å². The number of rotatable bonds is 7. The van der Waals surface area contributed by atoms with Crippen LogP contribution >= 0.6 is 24.0 Å². The van der Waals surface area contributed by atoms with Crippen molar-refractivity contribution in [2.24, 2.45) is 17.3 Å². The minimum absolute atomic E-state index is 0. The molecule has 0 unspecified atom stereocenters. The molecule has 5 nitrogen and oxygen atoms in total. The van der Waals surface area contributed by atoms with Crippen LogP contribution in [0.5, 0.6) is 0 Å². The summed E-state index contributed by atoms with van der Waals surface area (Å²) in [5.74, 6) is 2.15. The number of carbonyl (C=O) groups excluding carboxylic acids is 2. The molecule has 3 aliphatic heterocycles. The molecule has 4 fully saturated rings. The molecule has 0 radical (unpaired) electrons. The van der Waals surface area contributed by atoms with Gasteiger partial charge in [-0.15, -0.1) is 12.4 Å². The molecule has 38 heavy (non-hydrogen) atoms. The summed E-state index contributed by atoms with van der Waals surface area (Å²) in [7, 11) is 0. The summed E-state index contributed by atoms with van der Waals surface area (Å²) in [6.45, 7) is 6.16. The number of halogens is 2. The van der Waals surface area contributed by atoms with E-state index < -0.39 is 0 Å². The first-order valence-electron chi connectivity index (χ1n) is 14.1. The summed E-state index contributed by atoms with van der Waals surface area (Å²) in [5.41, 5.74) is 2.30. The second-order valence-electron chi connectivity index (χ2n) is 11.9. The molecule has 0 aromatic heterocycles. The number of carbonyl (C=O) groups is 2. The second kappa shape index (κ2) is 11.6. The highest BCUT2D eigenvalue weighted by Crippen LogP contribution is 2.43. The largest absolute Gasteiger partial charge is 0.342 e. The topological polar surface area (TPSA) is 43.9 Å². The van der Waals surface area contributed by atoms with Crippen molar-refractivity contribution in [3.05, 3.63) is 70.7 Å². The summed E-state index contributed by atoms with van der Waals surface area (Å²) >= 11 is 6.03. The van der Waals surface area contributed by atoms with Crippen LogP contribution in [-0.2, 0) is 16.1 Å². The maximum atomic E-state index is 13.5. The molecule has 3 saturated heterocycles. The lowest BCUT2D eigenvalue weighted by Gasteiger charge is -2.39. The summed E-state index contributed by atoms with van der Waals surface area (Å²) in [4.78, 5) is 33.2. The summed E-state index contributed by atoms with van der Waals surface area (Å²) < 4.78 is 0. The third-order valence-electron chi connectivity index (χ3n) is 9.38. The highest BCUT2D eigenvalue weighted by atomic mass is 35.5. The van der Waals surface area contributed by atoms with E-state index in [1.807, 2.05) is 29.2 Å². The van der Waals surface area contributed by atoms with Crippen LogP contribution in [0, 0.1) is 17.3 Å². The molecule has 0 N–H and O–H groups in total. The molecule has 7 heteroatoms. The van der Waals surface area contributed by atoms with Crippen molar-refractivity contribution in [1.29, 1.82) is 0 Å². The van der Waals surface area contributed by atoms with Gasteiger partial charge in [-0.3, -0.25) is 9.59 Å². The van der Waals surface area contributed by atoms with Gasteiger partial charge in [-0.2, -0.15) is 0 Å². The first kappa shape index (κ1) is 27.5. The van der Waals surface area contributed by atoms with Crippen molar-refractivity contribution in [2.45, 2.75) is 51.0 Å². The number of hydrogen-bond donors (Lipinski definition) is 0. The van der Waals surface area contributed by atoms with Gasteiger partial charge in [0, 0.05) is 50.1 Å². The van der Waals surface area contributed by atoms with Crippen molar-refractivity contribution in [3.8, 4) is 0 Å². The van der Waals surface area contributed by atoms with Gasteiger partial charge in [-0.05, 0) is 80.3 Å². The highest BCUT2D eigenvalue weighted by molar-refractivity contribution is 6.30. The molecule has 1 aliphatic carbocycles. The molecule has 4 aliphatic rings. The molecule has 1 spiro atoms. The first-order valence-corrected chi connectivity index (χ1v) is 14.5. The number of hydrogen-bond acceptors (Lipinski definition) is 3. The highest BCUT2D eigenvalue weighted by Gasteiger charge is 2.48. The Hall–Kier alpha value is -2.08. The zero-order chi connectivity index (χ0) is 25.4. The monoisotopic (exact) mass is 555 g/mol. The Balaban J connectivity index is 0.00000294. The molecule has 2 aromatic carbocycles. The molecule has 0 bridgehead atoms. The van der Waals surface area contributed by atoms with Crippen LogP contribution in [0.3, 0.4) is 0 Å². The van der Waals surface area contributed by atoms with E-state index in [1.54, 1.807) is 0 Å². The van der Waals surface area contributed by atoms with E-state index in [0.717, 1.165) is 75.5 Å². The van der Waals surface area contributed by atoms with Gasteiger partial charge >= 0.3 is 0 Å². The van der Waals surface area contributed by atoms with Crippen LogP contribution < -0.4 is 0 Å². The van der Waals surface area contributed by atoms with E-state index in [-0.39, 0.29) is 17.8 Å². The van der Waals surface area contributed by atoms with Crippen LogP contribution in [0.25, 0.3) is 0 Å². The second-order valence-corrected chi connectivity index (χ2v) is 12.3. The van der Waals surface area contributed by atoms with Crippen molar-refractivity contribution >= 4 is 35.8 Å². The Morgan fingerprint density at radius 1 is 0.921 bits per heavy atom. The molecule has 204 valence electrons. The van der Waals surface area contributed by atoms with Gasteiger partial charge in [-0.1, -0.05) is 54.1 Å². The number of benzene rings is 2. The first-order chi connectivity index (χ1) is 18.0. The lowest BCUT2D eigenvalue weighted by Crippen LogP contribution is -2.46. The molecule has 2 aromatic rings. The molecule has 2 atom stereocenters. The van der Waals surface area contributed by atoms with E-state index in [9.17, 15) is 9.59 Å². The molecule has 3 heterocycles. The fraction of sp³-hybridized carbons (Fsp3) is 0.548. The zero-order valence-corrected chi connectivity index (χ0v) is 23.6. The predicted octanol–water partition coefficient (Wildman–Crippen LogP) is 5.62. The van der Waals surface area contributed by atoms with Crippen molar-refractivity contribution in [1.82, 2.24) is 14.7 Å². The Bertz CT molecular complexity index is 1110.